The first-order valence-electron chi connectivity index (χ1n) is 4.90. The lowest BCUT2D eigenvalue weighted by atomic mass is 10.2. The van der Waals surface area contributed by atoms with E-state index in [0.29, 0.717) is 6.54 Å². The molecular formula is C11H15BrN2O2. The molecule has 1 unspecified atom stereocenters. The first kappa shape index (κ1) is 13.2. The molecule has 0 fully saturated rings. The van der Waals surface area contributed by atoms with Crippen LogP contribution in [0.2, 0.25) is 0 Å². The standard InChI is InChI=1S/C11H15BrN2O2/c1-14(11(16)10(13)7-15)6-8-3-2-4-9(12)5-8/h2-5,10,15H,6-7,13H2,1H3. The average molecular weight is 287 g/mol. The smallest absolute Gasteiger partial charge is 0.241 e. The van der Waals surface area contributed by atoms with Crippen LogP contribution in [0.4, 0.5) is 0 Å². The number of nitrogens with two attached hydrogens (primary N) is 1. The number of halogens is 1. The zero-order valence-corrected chi connectivity index (χ0v) is 10.6. The third-order valence-corrected chi connectivity index (χ3v) is 2.69. The summed E-state index contributed by atoms with van der Waals surface area (Å²) in [5, 5.41) is 8.78. The summed E-state index contributed by atoms with van der Waals surface area (Å²) in [7, 11) is 1.67. The third kappa shape index (κ3) is 3.59. The molecule has 0 heterocycles. The zero-order valence-electron chi connectivity index (χ0n) is 9.06. The maximum absolute atomic E-state index is 11.6. The lowest BCUT2D eigenvalue weighted by Crippen LogP contribution is -2.43. The van der Waals surface area contributed by atoms with Gasteiger partial charge in [-0.15, -0.1) is 0 Å². The molecule has 5 heteroatoms. The average Bonchev–Trinajstić information content (AvgIpc) is 2.27. The Morgan fingerprint density at radius 1 is 1.62 bits per heavy atom. The molecular weight excluding hydrogens is 272 g/mol. The van der Waals surface area contributed by atoms with Gasteiger partial charge < -0.3 is 15.7 Å². The normalized spacial score (nSPS) is 12.2. The van der Waals surface area contributed by atoms with Crippen LogP contribution < -0.4 is 5.73 Å². The van der Waals surface area contributed by atoms with Gasteiger partial charge in [-0.3, -0.25) is 4.79 Å². The van der Waals surface area contributed by atoms with Crippen LogP contribution in [0.5, 0.6) is 0 Å². The third-order valence-electron chi connectivity index (χ3n) is 2.20. The van der Waals surface area contributed by atoms with Crippen molar-refractivity contribution in [2.45, 2.75) is 12.6 Å². The highest BCUT2D eigenvalue weighted by Crippen LogP contribution is 2.13. The molecule has 0 spiro atoms. The van der Waals surface area contributed by atoms with Gasteiger partial charge in [-0.25, -0.2) is 0 Å². The van der Waals surface area contributed by atoms with Crippen molar-refractivity contribution in [2.24, 2.45) is 5.73 Å². The minimum atomic E-state index is -0.836. The van der Waals surface area contributed by atoms with E-state index in [9.17, 15) is 4.79 Å². The molecule has 0 saturated carbocycles. The van der Waals surface area contributed by atoms with Gasteiger partial charge in [-0.2, -0.15) is 0 Å². The number of aliphatic hydroxyl groups excluding tert-OH is 1. The van der Waals surface area contributed by atoms with Gasteiger partial charge in [-0.1, -0.05) is 28.1 Å². The molecule has 1 aromatic rings. The first-order chi connectivity index (χ1) is 7.54. The number of carbonyl (C=O) groups is 1. The molecule has 1 aromatic carbocycles. The number of hydrogen-bond donors (Lipinski definition) is 2. The molecule has 1 amide bonds. The molecule has 0 bridgehead atoms. The van der Waals surface area contributed by atoms with E-state index in [1.54, 1.807) is 7.05 Å². The zero-order chi connectivity index (χ0) is 12.1. The molecule has 0 aliphatic heterocycles. The Kier molecular flexibility index (Phi) is 4.92. The van der Waals surface area contributed by atoms with Crippen molar-refractivity contribution < 1.29 is 9.90 Å². The summed E-state index contributed by atoms with van der Waals surface area (Å²) in [5.41, 5.74) is 6.46. The Balaban J connectivity index is 2.64. The van der Waals surface area contributed by atoms with Gasteiger partial charge in [0.15, 0.2) is 0 Å². The minimum Gasteiger partial charge on any atom is -0.394 e. The number of rotatable bonds is 4. The van der Waals surface area contributed by atoms with Gasteiger partial charge in [0.1, 0.15) is 6.04 Å². The summed E-state index contributed by atoms with van der Waals surface area (Å²) < 4.78 is 0.970. The minimum absolute atomic E-state index is 0.262. The Morgan fingerprint density at radius 3 is 2.88 bits per heavy atom. The predicted octanol–water partition coefficient (Wildman–Crippen LogP) is 0.727. The summed E-state index contributed by atoms with van der Waals surface area (Å²) >= 11 is 3.36. The van der Waals surface area contributed by atoms with Gasteiger partial charge in [-0.05, 0) is 17.7 Å². The fourth-order valence-corrected chi connectivity index (χ4v) is 1.79. The monoisotopic (exact) mass is 286 g/mol. The molecule has 0 saturated heterocycles. The highest BCUT2D eigenvalue weighted by atomic mass is 79.9. The second-order valence-corrected chi connectivity index (χ2v) is 4.53. The van der Waals surface area contributed by atoms with Crippen molar-refractivity contribution in [1.29, 1.82) is 0 Å². The molecule has 16 heavy (non-hydrogen) atoms. The lowest BCUT2D eigenvalue weighted by Gasteiger charge is -2.20. The van der Waals surface area contributed by atoms with E-state index in [4.69, 9.17) is 10.8 Å². The molecule has 4 nitrogen and oxygen atoms in total. The molecule has 1 rings (SSSR count). The van der Waals surface area contributed by atoms with Crippen LogP contribution in [-0.2, 0) is 11.3 Å². The van der Waals surface area contributed by atoms with Crippen molar-refractivity contribution in [2.75, 3.05) is 13.7 Å². The number of amides is 1. The Labute approximate surface area is 103 Å². The molecule has 0 aromatic heterocycles. The van der Waals surface area contributed by atoms with Crippen molar-refractivity contribution in [3.63, 3.8) is 0 Å². The Morgan fingerprint density at radius 2 is 2.31 bits per heavy atom. The highest BCUT2D eigenvalue weighted by molar-refractivity contribution is 9.10. The van der Waals surface area contributed by atoms with Crippen molar-refractivity contribution in [3.8, 4) is 0 Å². The maximum Gasteiger partial charge on any atom is 0.241 e. The van der Waals surface area contributed by atoms with E-state index in [1.807, 2.05) is 24.3 Å². The van der Waals surface area contributed by atoms with Crippen LogP contribution in [0.1, 0.15) is 5.56 Å². The molecule has 3 N–H and O–H groups in total. The number of aliphatic hydroxyl groups is 1. The Bertz CT molecular complexity index is 371. The van der Waals surface area contributed by atoms with E-state index in [-0.39, 0.29) is 12.5 Å². The summed E-state index contributed by atoms with van der Waals surface area (Å²) in [4.78, 5) is 13.1. The molecule has 1 atom stereocenters. The van der Waals surface area contributed by atoms with Crippen LogP contribution >= 0.6 is 15.9 Å². The van der Waals surface area contributed by atoms with Crippen LogP contribution in [-0.4, -0.2) is 35.6 Å². The second kappa shape index (κ2) is 5.98. The van der Waals surface area contributed by atoms with Gasteiger partial charge >= 0.3 is 0 Å². The van der Waals surface area contributed by atoms with Crippen molar-refractivity contribution in [1.82, 2.24) is 4.90 Å². The first-order valence-corrected chi connectivity index (χ1v) is 5.69. The lowest BCUT2D eigenvalue weighted by molar-refractivity contribution is -0.132. The summed E-state index contributed by atoms with van der Waals surface area (Å²) in [5.74, 6) is -0.262. The Hall–Kier alpha value is -0.910. The SMILES string of the molecule is CN(Cc1cccc(Br)c1)C(=O)C(N)CO. The second-order valence-electron chi connectivity index (χ2n) is 3.61. The van der Waals surface area contributed by atoms with E-state index < -0.39 is 6.04 Å². The topological polar surface area (TPSA) is 66.6 Å². The van der Waals surface area contributed by atoms with Gasteiger partial charge in [0.05, 0.1) is 6.61 Å². The number of benzene rings is 1. The van der Waals surface area contributed by atoms with Gasteiger partial charge in [0.2, 0.25) is 5.91 Å². The summed E-state index contributed by atoms with van der Waals surface area (Å²) in [6.45, 7) is 0.146. The molecule has 0 radical (unpaired) electrons. The molecule has 0 aliphatic carbocycles. The fraction of sp³-hybridized carbons (Fsp3) is 0.364. The maximum atomic E-state index is 11.6. The quantitative estimate of drug-likeness (QED) is 0.858. The van der Waals surface area contributed by atoms with Gasteiger partial charge in [0, 0.05) is 18.1 Å². The van der Waals surface area contributed by atoms with E-state index in [1.165, 1.54) is 4.90 Å². The van der Waals surface area contributed by atoms with Crippen LogP contribution in [0.3, 0.4) is 0 Å². The fourth-order valence-electron chi connectivity index (χ4n) is 1.35. The number of likely N-dealkylation sites (N-methyl/N-ethyl adjacent to an activating group) is 1. The number of carbonyl (C=O) groups excluding carboxylic acids is 1. The largest absolute Gasteiger partial charge is 0.394 e. The van der Waals surface area contributed by atoms with E-state index in [0.717, 1.165) is 10.0 Å². The summed E-state index contributed by atoms with van der Waals surface area (Å²) in [6.07, 6.45) is 0. The van der Waals surface area contributed by atoms with E-state index >= 15 is 0 Å². The predicted molar refractivity (Wildman–Crippen MR) is 65.7 cm³/mol. The van der Waals surface area contributed by atoms with Crippen LogP contribution in [0, 0.1) is 0 Å². The van der Waals surface area contributed by atoms with Crippen molar-refractivity contribution >= 4 is 21.8 Å². The molecule has 88 valence electrons. The summed E-state index contributed by atoms with van der Waals surface area (Å²) in [6, 6.07) is 6.86. The number of nitrogens with zero attached hydrogens (tertiary/aromatic N) is 1. The van der Waals surface area contributed by atoms with Crippen LogP contribution in [0.15, 0.2) is 28.7 Å². The number of hydrogen-bond acceptors (Lipinski definition) is 3. The van der Waals surface area contributed by atoms with E-state index in [2.05, 4.69) is 15.9 Å². The van der Waals surface area contributed by atoms with Crippen LogP contribution in [0.25, 0.3) is 0 Å². The van der Waals surface area contributed by atoms with Gasteiger partial charge in [0.25, 0.3) is 0 Å². The highest BCUT2D eigenvalue weighted by Gasteiger charge is 2.16. The molecule has 0 aliphatic rings. The van der Waals surface area contributed by atoms with Crippen molar-refractivity contribution in [3.05, 3.63) is 34.3 Å².